The fourth-order valence-electron chi connectivity index (χ4n) is 2.71. The third-order valence-corrected chi connectivity index (χ3v) is 4.02. The highest BCUT2D eigenvalue weighted by Crippen LogP contribution is 2.23. The molecular weight excluding hydrogens is 340 g/mol. The van der Waals surface area contributed by atoms with Crippen LogP contribution in [0.3, 0.4) is 0 Å². The Morgan fingerprint density at radius 3 is 2.07 bits per heavy atom. The van der Waals surface area contributed by atoms with E-state index < -0.39 is 0 Å². The van der Waals surface area contributed by atoms with E-state index in [2.05, 4.69) is 0 Å². The van der Waals surface area contributed by atoms with Crippen molar-refractivity contribution in [2.24, 2.45) is 0 Å². The van der Waals surface area contributed by atoms with Crippen LogP contribution in [0.1, 0.15) is 28.4 Å². The number of rotatable bonds is 5. The summed E-state index contributed by atoms with van der Waals surface area (Å²) in [6, 6.07) is 22.3. The zero-order chi connectivity index (χ0) is 19.2. The Hall–Kier alpha value is -3.40. The molecule has 0 unspecified atom stereocenters. The zero-order valence-corrected chi connectivity index (χ0v) is 15.3. The molecule has 3 aromatic rings. The average Bonchev–Trinajstić information content (AvgIpc) is 2.66. The van der Waals surface area contributed by atoms with Crippen molar-refractivity contribution >= 4 is 11.9 Å². The number of carbonyl (C=O) groups is 2. The van der Waals surface area contributed by atoms with E-state index in [0.717, 1.165) is 22.3 Å². The summed E-state index contributed by atoms with van der Waals surface area (Å²) in [5.74, 6) is -0.202. The number of esters is 2. The standard InChI is InChI=1S/C23H20O4/c1-16-4-3-5-18(14-16)15-26-23(25)21-8-6-19(7-9-21)20-10-12-22(13-11-20)27-17(2)24/h3-14H,15H2,1-2H3. The van der Waals surface area contributed by atoms with Crippen molar-refractivity contribution in [1.29, 1.82) is 0 Å². The van der Waals surface area contributed by atoms with Gasteiger partial charge in [0, 0.05) is 6.92 Å². The lowest BCUT2D eigenvalue weighted by molar-refractivity contribution is -0.131. The van der Waals surface area contributed by atoms with E-state index in [1.54, 1.807) is 24.3 Å². The molecule has 0 N–H and O–H groups in total. The highest BCUT2D eigenvalue weighted by Gasteiger charge is 2.08. The lowest BCUT2D eigenvalue weighted by Gasteiger charge is -2.07. The Morgan fingerprint density at radius 1 is 0.852 bits per heavy atom. The van der Waals surface area contributed by atoms with Crippen LogP contribution in [-0.4, -0.2) is 11.9 Å². The van der Waals surface area contributed by atoms with Gasteiger partial charge in [0.15, 0.2) is 0 Å². The molecular formula is C23H20O4. The van der Waals surface area contributed by atoms with E-state index in [1.807, 2.05) is 55.5 Å². The molecule has 0 aliphatic carbocycles. The Kier molecular flexibility index (Phi) is 5.67. The van der Waals surface area contributed by atoms with Crippen LogP contribution >= 0.6 is 0 Å². The molecule has 4 nitrogen and oxygen atoms in total. The molecule has 0 bridgehead atoms. The molecule has 27 heavy (non-hydrogen) atoms. The highest BCUT2D eigenvalue weighted by molar-refractivity contribution is 5.90. The van der Waals surface area contributed by atoms with Gasteiger partial charge in [0.05, 0.1) is 5.56 Å². The Morgan fingerprint density at radius 2 is 1.48 bits per heavy atom. The van der Waals surface area contributed by atoms with E-state index in [-0.39, 0.29) is 18.5 Å². The van der Waals surface area contributed by atoms with Gasteiger partial charge in [0.2, 0.25) is 0 Å². The Balaban J connectivity index is 1.64. The van der Waals surface area contributed by atoms with Crippen molar-refractivity contribution in [1.82, 2.24) is 0 Å². The number of carbonyl (C=O) groups excluding carboxylic acids is 2. The smallest absolute Gasteiger partial charge is 0.338 e. The van der Waals surface area contributed by atoms with Crippen LogP contribution in [0.25, 0.3) is 11.1 Å². The van der Waals surface area contributed by atoms with Gasteiger partial charge in [-0.15, -0.1) is 0 Å². The topological polar surface area (TPSA) is 52.6 Å². The number of aryl methyl sites for hydroxylation is 1. The van der Waals surface area contributed by atoms with Crippen LogP contribution in [0.4, 0.5) is 0 Å². The van der Waals surface area contributed by atoms with Gasteiger partial charge in [-0.3, -0.25) is 4.79 Å². The van der Waals surface area contributed by atoms with Crippen molar-refractivity contribution in [2.45, 2.75) is 20.5 Å². The van der Waals surface area contributed by atoms with Crippen LogP contribution in [0.5, 0.6) is 5.75 Å². The van der Waals surface area contributed by atoms with E-state index in [1.165, 1.54) is 6.92 Å². The summed E-state index contributed by atoms with van der Waals surface area (Å²) >= 11 is 0. The largest absolute Gasteiger partial charge is 0.457 e. The van der Waals surface area contributed by atoms with Gasteiger partial charge >= 0.3 is 11.9 Å². The summed E-state index contributed by atoms with van der Waals surface area (Å²) in [6.45, 7) is 3.62. The van der Waals surface area contributed by atoms with E-state index >= 15 is 0 Å². The molecule has 0 spiro atoms. The number of hydrogen-bond donors (Lipinski definition) is 0. The van der Waals surface area contributed by atoms with Crippen LogP contribution in [0.15, 0.2) is 72.8 Å². The quantitative estimate of drug-likeness (QED) is 0.477. The van der Waals surface area contributed by atoms with Crippen molar-refractivity contribution in [2.75, 3.05) is 0 Å². The summed E-state index contributed by atoms with van der Waals surface area (Å²) in [6.07, 6.45) is 0. The fraction of sp³-hybridized carbons (Fsp3) is 0.130. The van der Waals surface area contributed by atoms with Gasteiger partial charge in [-0.2, -0.15) is 0 Å². The van der Waals surface area contributed by atoms with E-state index in [4.69, 9.17) is 9.47 Å². The van der Waals surface area contributed by atoms with Crippen molar-refractivity contribution in [3.8, 4) is 16.9 Å². The first-order valence-corrected chi connectivity index (χ1v) is 8.63. The van der Waals surface area contributed by atoms with Crippen LogP contribution < -0.4 is 4.74 Å². The second-order valence-electron chi connectivity index (χ2n) is 6.26. The molecule has 0 aliphatic heterocycles. The second kappa shape index (κ2) is 8.32. The minimum Gasteiger partial charge on any atom is -0.457 e. The monoisotopic (exact) mass is 360 g/mol. The Labute approximate surface area is 158 Å². The summed E-state index contributed by atoms with van der Waals surface area (Å²) in [5.41, 5.74) is 4.52. The van der Waals surface area contributed by atoms with Gasteiger partial charge in [0.25, 0.3) is 0 Å². The Bertz CT molecular complexity index is 941. The number of hydrogen-bond acceptors (Lipinski definition) is 4. The maximum absolute atomic E-state index is 12.2. The molecule has 0 saturated heterocycles. The van der Waals surface area contributed by atoms with Crippen molar-refractivity contribution < 1.29 is 19.1 Å². The van der Waals surface area contributed by atoms with Gasteiger partial charge in [0.1, 0.15) is 12.4 Å². The molecule has 3 aromatic carbocycles. The minimum absolute atomic E-state index is 0.250. The molecule has 0 aliphatic rings. The molecule has 4 heteroatoms. The van der Waals surface area contributed by atoms with Crippen molar-refractivity contribution in [3.05, 3.63) is 89.5 Å². The molecule has 0 radical (unpaired) electrons. The molecule has 0 amide bonds. The maximum atomic E-state index is 12.2. The molecule has 0 fully saturated rings. The van der Waals surface area contributed by atoms with Gasteiger partial charge in [-0.1, -0.05) is 54.1 Å². The molecule has 0 atom stereocenters. The number of ether oxygens (including phenoxy) is 2. The first-order chi connectivity index (χ1) is 13.0. The SMILES string of the molecule is CC(=O)Oc1ccc(-c2ccc(C(=O)OCc3cccc(C)c3)cc2)cc1. The summed E-state index contributed by atoms with van der Waals surface area (Å²) in [4.78, 5) is 23.2. The summed E-state index contributed by atoms with van der Waals surface area (Å²) in [7, 11) is 0. The average molecular weight is 360 g/mol. The molecule has 0 saturated carbocycles. The van der Waals surface area contributed by atoms with Gasteiger partial charge < -0.3 is 9.47 Å². The first kappa shape index (κ1) is 18.4. The maximum Gasteiger partial charge on any atom is 0.338 e. The predicted molar refractivity (Wildman–Crippen MR) is 103 cm³/mol. The number of benzene rings is 3. The molecule has 136 valence electrons. The minimum atomic E-state index is -0.353. The summed E-state index contributed by atoms with van der Waals surface area (Å²) < 4.78 is 10.4. The lowest BCUT2D eigenvalue weighted by atomic mass is 10.0. The fourth-order valence-corrected chi connectivity index (χ4v) is 2.71. The third kappa shape index (κ3) is 5.05. The van der Waals surface area contributed by atoms with Crippen molar-refractivity contribution in [3.63, 3.8) is 0 Å². The van der Waals surface area contributed by atoms with Crippen LogP contribution in [-0.2, 0) is 16.1 Å². The van der Waals surface area contributed by atoms with Gasteiger partial charge in [-0.05, 0) is 47.9 Å². The normalized spacial score (nSPS) is 10.3. The van der Waals surface area contributed by atoms with Crippen LogP contribution in [0.2, 0.25) is 0 Å². The third-order valence-electron chi connectivity index (χ3n) is 4.02. The lowest BCUT2D eigenvalue weighted by Crippen LogP contribution is -2.05. The second-order valence-corrected chi connectivity index (χ2v) is 6.26. The summed E-state index contributed by atoms with van der Waals surface area (Å²) in [5, 5.41) is 0. The van der Waals surface area contributed by atoms with E-state index in [9.17, 15) is 9.59 Å². The highest BCUT2D eigenvalue weighted by atomic mass is 16.5. The van der Waals surface area contributed by atoms with Crippen LogP contribution in [0, 0.1) is 6.92 Å². The zero-order valence-electron chi connectivity index (χ0n) is 15.3. The van der Waals surface area contributed by atoms with Gasteiger partial charge in [-0.25, -0.2) is 4.79 Å². The van der Waals surface area contributed by atoms with E-state index in [0.29, 0.717) is 11.3 Å². The first-order valence-electron chi connectivity index (χ1n) is 8.63. The molecule has 0 aromatic heterocycles. The molecule has 3 rings (SSSR count). The predicted octanol–water partition coefficient (Wildman–Crippen LogP) is 4.94. The molecule has 0 heterocycles.